The zero-order valence-corrected chi connectivity index (χ0v) is 17.7. The van der Waals surface area contributed by atoms with E-state index in [-0.39, 0.29) is 12.2 Å². The number of aryl methyl sites for hydroxylation is 1. The molecule has 4 amide bonds. The molecule has 3 rings (SSSR count). The van der Waals surface area contributed by atoms with Crippen molar-refractivity contribution in [3.8, 4) is 5.75 Å². The lowest BCUT2D eigenvalue weighted by molar-refractivity contribution is -0.143. The van der Waals surface area contributed by atoms with Gasteiger partial charge in [-0.25, -0.2) is 14.5 Å². The number of imide groups is 2. The third kappa shape index (κ3) is 4.57. The van der Waals surface area contributed by atoms with Crippen molar-refractivity contribution in [1.29, 1.82) is 0 Å². The molecule has 0 unspecified atom stereocenters. The van der Waals surface area contributed by atoms with Crippen LogP contribution in [0.3, 0.4) is 0 Å². The molecule has 1 aliphatic heterocycles. The highest BCUT2D eigenvalue weighted by atomic mass is 79.9. The summed E-state index contributed by atoms with van der Waals surface area (Å²) >= 11 is 3.37. The van der Waals surface area contributed by atoms with Gasteiger partial charge in [0.25, 0.3) is 11.8 Å². The second-order valence-electron chi connectivity index (χ2n) is 6.33. The fraction of sp³-hybridized carbons (Fsp3) is 0.143. The van der Waals surface area contributed by atoms with Crippen LogP contribution in [-0.2, 0) is 19.1 Å². The Bertz CT molecular complexity index is 1060. The minimum Gasteiger partial charge on any atom is -0.482 e. The van der Waals surface area contributed by atoms with E-state index in [1.165, 1.54) is 13.2 Å². The van der Waals surface area contributed by atoms with Gasteiger partial charge in [0, 0.05) is 4.47 Å². The van der Waals surface area contributed by atoms with Gasteiger partial charge in [0.05, 0.1) is 12.8 Å². The van der Waals surface area contributed by atoms with Gasteiger partial charge in [-0.15, -0.1) is 0 Å². The Morgan fingerprint density at radius 1 is 1.13 bits per heavy atom. The predicted octanol–water partition coefficient (Wildman–Crippen LogP) is 2.98. The number of anilines is 1. The van der Waals surface area contributed by atoms with Gasteiger partial charge in [-0.3, -0.25) is 14.9 Å². The van der Waals surface area contributed by atoms with Crippen LogP contribution in [0.5, 0.6) is 5.75 Å². The molecule has 1 aliphatic rings. The number of esters is 1. The zero-order chi connectivity index (χ0) is 21.8. The van der Waals surface area contributed by atoms with E-state index in [2.05, 4.69) is 26.0 Å². The molecule has 1 fully saturated rings. The molecule has 0 radical (unpaired) electrons. The van der Waals surface area contributed by atoms with Crippen molar-refractivity contribution < 1.29 is 28.7 Å². The van der Waals surface area contributed by atoms with Crippen molar-refractivity contribution in [2.24, 2.45) is 0 Å². The minimum atomic E-state index is -0.810. The summed E-state index contributed by atoms with van der Waals surface area (Å²) in [5.74, 6) is -1.60. The maximum atomic E-state index is 12.9. The number of carbonyl (C=O) groups excluding carboxylic acids is 4. The van der Waals surface area contributed by atoms with Crippen molar-refractivity contribution in [2.75, 3.05) is 18.6 Å². The number of nitrogens with one attached hydrogen (secondary N) is 1. The summed E-state index contributed by atoms with van der Waals surface area (Å²) in [6.45, 7) is 1.59. The van der Waals surface area contributed by atoms with Crippen LogP contribution in [0, 0.1) is 6.92 Å². The third-order valence-electron chi connectivity index (χ3n) is 4.28. The van der Waals surface area contributed by atoms with Crippen LogP contribution in [0.15, 0.2) is 52.5 Å². The van der Waals surface area contributed by atoms with Crippen molar-refractivity contribution >= 4 is 51.5 Å². The van der Waals surface area contributed by atoms with Crippen LogP contribution < -0.4 is 15.0 Å². The van der Waals surface area contributed by atoms with Crippen LogP contribution in [0.1, 0.15) is 11.1 Å². The molecule has 0 aromatic heterocycles. The summed E-state index contributed by atoms with van der Waals surface area (Å²) in [7, 11) is 1.26. The van der Waals surface area contributed by atoms with Gasteiger partial charge in [0.2, 0.25) is 0 Å². The molecule has 1 heterocycles. The van der Waals surface area contributed by atoms with Gasteiger partial charge in [-0.1, -0.05) is 28.1 Å². The summed E-state index contributed by atoms with van der Waals surface area (Å²) in [6.07, 6.45) is 1.38. The first-order chi connectivity index (χ1) is 14.3. The molecule has 154 valence electrons. The van der Waals surface area contributed by atoms with E-state index < -0.39 is 23.8 Å². The normalized spacial score (nSPS) is 15.2. The summed E-state index contributed by atoms with van der Waals surface area (Å²) in [6, 6.07) is 10.6. The predicted molar refractivity (Wildman–Crippen MR) is 112 cm³/mol. The van der Waals surface area contributed by atoms with Gasteiger partial charge in [-0.05, 0) is 54.5 Å². The van der Waals surface area contributed by atoms with Crippen LogP contribution in [0.4, 0.5) is 10.5 Å². The first-order valence-electron chi connectivity index (χ1n) is 8.77. The first-order valence-corrected chi connectivity index (χ1v) is 9.56. The number of rotatable bonds is 5. The number of barbiturate groups is 1. The van der Waals surface area contributed by atoms with Crippen LogP contribution in [0.2, 0.25) is 0 Å². The van der Waals surface area contributed by atoms with Crippen LogP contribution in [0.25, 0.3) is 6.08 Å². The molecule has 0 aliphatic carbocycles. The van der Waals surface area contributed by atoms with Gasteiger partial charge < -0.3 is 9.47 Å². The average molecular weight is 473 g/mol. The SMILES string of the molecule is COC(=O)COc1ccc(/C=C2\C(=O)NC(=O)N(c3ccc(Br)c(C)c3)C2=O)cc1. The molecule has 1 saturated heterocycles. The maximum Gasteiger partial charge on any atom is 0.343 e. The average Bonchev–Trinajstić information content (AvgIpc) is 2.72. The number of carbonyl (C=O) groups is 4. The third-order valence-corrected chi connectivity index (χ3v) is 5.17. The highest BCUT2D eigenvalue weighted by Gasteiger charge is 2.36. The lowest BCUT2D eigenvalue weighted by Gasteiger charge is -2.26. The molecule has 0 atom stereocenters. The number of ether oxygens (including phenoxy) is 2. The molecular weight excluding hydrogens is 456 g/mol. The van der Waals surface area contributed by atoms with Crippen molar-refractivity contribution in [1.82, 2.24) is 5.32 Å². The number of amides is 4. The zero-order valence-electron chi connectivity index (χ0n) is 16.1. The monoisotopic (exact) mass is 472 g/mol. The van der Waals surface area contributed by atoms with Gasteiger partial charge in [0.1, 0.15) is 11.3 Å². The fourth-order valence-corrected chi connectivity index (χ4v) is 2.93. The molecule has 0 saturated carbocycles. The molecule has 0 bridgehead atoms. The standard InChI is InChI=1S/C21H17BrN2O6/c1-12-9-14(5-8-17(12)22)24-20(27)16(19(26)23-21(24)28)10-13-3-6-15(7-4-13)30-11-18(25)29-2/h3-10H,11H2,1-2H3,(H,23,26,28)/b16-10+. The summed E-state index contributed by atoms with van der Waals surface area (Å²) in [5.41, 5.74) is 1.54. The number of benzene rings is 2. The van der Waals surface area contributed by atoms with Gasteiger partial charge in [0.15, 0.2) is 6.61 Å². The van der Waals surface area contributed by atoms with Gasteiger partial charge >= 0.3 is 12.0 Å². The number of urea groups is 1. The molecule has 2 aromatic rings. The lowest BCUT2D eigenvalue weighted by atomic mass is 10.1. The molecule has 8 nitrogen and oxygen atoms in total. The first kappa shape index (κ1) is 21.3. The van der Waals surface area contributed by atoms with Gasteiger partial charge in [-0.2, -0.15) is 0 Å². The van der Waals surface area contributed by atoms with E-state index in [1.54, 1.807) is 42.5 Å². The van der Waals surface area contributed by atoms with E-state index >= 15 is 0 Å². The summed E-state index contributed by atoms with van der Waals surface area (Å²) in [5, 5.41) is 2.18. The number of nitrogens with zero attached hydrogens (tertiary/aromatic N) is 1. The van der Waals surface area contributed by atoms with Crippen LogP contribution in [-0.4, -0.2) is 37.5 Å². The molecular formula is C21H17BrN2O6. The van der Waals surface area contributed by atoms with E-state index in [1.807, 2.05) is 6.92 Å². The van der Waals surface area contributed by atoms with E-state index in [4.69, 9.17) is 4.74 Å². The van der Waals surface area contributed by atoms with Crippen molar-refractivity contribution in [3.63, 3.8) is 0 Å². The molecule has 9 heteroatoms. The Balaban J connectivity index is 1.85. The lowest BCUT2D eigenvalue weighted by Crippen LogP contribution is -2.54. The largest absolute Gasteiger partial charge is 0.482 e. The maximum absolute atomic E-state index is 12.9. The van der Waals surface area contributed by atoms with Crippen LogP contribution >= 0.6 is 15.9 Å². The Morgan fingerprint density at radius 2 is 1.83 bits per heavy atom. The Kier molecular flexibility index (Phi) is 6.31. The number of methoxy groups -OCH3 is 1. The molecule has 1 N–H and O–H groups in total. The molecule has 2 aromatic carbocycles. The number of halogens is 1. The molecule has 0 spiro atoms. The molecule has 30 heavy (non-hydrogen) atoms. The quantitative estimate of drug-likeness (QED) is 0.407. The topological polar surface area (TPSA) is 102 Å². The smallest absolute Gasteiger partial charge is 0.343 e. The van der Waals surface area contributed by atoms with E-state index in [0.29, 0.717) is 17.0 Å². The van der Waals surface area contributed by atoms with Crippen molar-refractivity contribution in [2.45, 2.75) is 6.92 Å². The fourth-order valence-electron chi connectivity index (χ4n) is 2.69. The Hall–Kier alpha value is -3.46. The Labute approximate surface area is 180 Å². The highest BCUT2D eigenvalue weighted by Crippen LogP contribution is 2.26. The minimum absolute atomic E-state index is 0.182. The van der Waals surface area contributed by atoms with E-state index in [0.717, 1.165) is 14.9 Å². The second-order valence-corrected chi connectivity index (χ2v) is 7.18. The van der Waals surface area contributed by atoms with E-state index in [9.17, 15) is 19.2 Å². The van der Waals surface area contributed by atoms with Crippen molar-refractivity contribution in [3.05, 3.63) is 63.6 Å². The second kappa shape index (κ2) is 8.91. The Morgan fingerprint density at radius 3 is 2.47 bits per heavy atom. The summed E-state index contributed by atoms with van der Waals surface area (Å²) < 4.78 is 10.6. The number of hydrogen-bond acceptors (Lipinski definition) is 6. The number of hydrogen-bond donors (Lipinski definition) is 1. The highest BCUT2D eigenvalue weighted by molar-refractivity contribution is 9.10. The summed E-state index contributed by atoms with van der Waals surface area (Å²) in [4.78, 5) is 49.5.